The maximum atomic E-state index is 12.4. The highest BCUT2D eigenvalue weighted by Crippen LogP contribution is 2.22. The van der Waals surface area contributed by atoms with Crippen LogP contribution in [0.4, 0.5) is 0 Å². The minimum atomic E-state index is -0.319. The van der Waals surface area contributed by atoms with E-state index in [2.05, 4.69) is 15.5 Å². The van der Waals surface area contributed by atoms with Gasteiger partial charge in [-0.1, -0.05) is 53.2 Å². The zero-order chi connectivity index (χ0) is 17.8. The molecule has 0 radical (unpaired) electrons. The van der Waals surface area contributed by atoms with E-state index in [0.717, 1.165) is 10.8 Å². The first-order valence-corrected chi connectivity index (χ1v) is 9.35. The maximum Gasteiger partial charge on any atom is 0.253 e. The Morgan fingerprint density at radius 2 is 1.92 bits per heavy atom. The molecule has 5 nitrogen and oxygen atoms in total. The molecule has 3 rings (SSSR count). The number of amides is 1. The molecule has 1 amide bonds. The Kier molecular flexibility index (Phi) is 5.63. The van der Waals surface area contributed by atoms with Crippen LogP contribution in [0.2, 0.25) is 10.0 Å². The quantitative estimate of drug-likeness (QED) is 0.660. The van der Waals surface area contributed by atoms with Crippen LogP contribution in [0.1, 0.15) is 16.2 Å². The number of benzene rings is 2. The molecule has 0 aliphatic rings. The number of carbonyl (C=O) groups excluding carboxylic acids is 1. The van der Waals surface area contributed by atoms with Crippen molar-refractivity contribution in [2.45, 2.75) is 11.7 Å². The van der Waals surface area contributed by atoms with Gasteiger partial charge in [0.05, 0.1) is 17.1 Å². The lowest BCUT2D eigenvalue weighted by Crippen LogP contribution is -2.25. The van der Waals surface area contributed by atoms with E-state index in [-0.39, 0.29) is 12.5 Å². The van der Waals surface area contributed by atoms with Crippen LogP contribution >= 0.6 is 35.0 Å². The highest BCUT2D eigenvalue weighted by molar-refractivity contribution is 7.98. The van der Waals surface area contributed by atoms with Crippen molar-refractivity contribution in [3.63, 3.8) is 0 Å². The van der Waals surface area contributed by atoms with Gasteiger partial charge in [0.25, 0.3) is 5.91 Å². The molecule has 0 spiro atoms. The third kappa shape index (κ3) is 3.98. The summed E-state index contributed by atoms with van der Waals surface area (Å²) in [6.45, 7) is 0.212. The van der Waals surface area contributed by atoms with Gasteiger partial charge in [-0.15, -0.1) is 10.2 Å². The molecular weight excluding hydrogens is 379 g/mol. The van der Waals surface area contributed by atoms with Crippen LogP contribution < -0.4 is 5.32 Å². The summed E-state index contributed by atoms with van der Waals surface area (Å²) in [4.78, 5) is 12.4. The predicted octanol–water partition coefficient (Wildman–Crippen LogP) is 4.23. The van der Waals surface area contributed by atoms with Gasteiger partial charge in [0.15, 0.2) is 11.0 Å². The van der Waals surface area contributed by atoms with E-state index in [1.807, 2.05) is 41.2 Å². The summed E-state index contributed by atoms with van der Waals surface area (Å²) in [6, 6.07) is 14.5. The second kappa shape index (κ2) is 7.91. The number of hydrogen-bond donors (Lipinski definition) is 1. The van der Waals surface area contributed by atoms with Crippen molar-refractivity contribution in [1.29, 1.82) is 0 Å². The summed E-state index contributed by atoms with van der Waals surface area (Å²) < 4.78 is 1.91. The summed E-state index contributed by atoms with van der Waals surface area (Å²) in [6.07, 6.45) is 1.93. The average molecular weight is 393 g/mol. The Balaban J connectivity index is 1.83. The fourth-order valence-electron chi connectivity index (χ4n) is 2.31. The van der Waals surface area contributed by atoms with Gasteiger partial charge in [-0.05, 0) is 36.6 Å². The van der Waals surface area contributed by atoms with Crippen LogP contribution in [0.5, 0.6) is 0 Å². The Hall–Kier alpha value is -2.02. The van der Waals surface area contributed by atoms with Crippen LogP contribution in [0.15, 0.2) is 53.7 Å². The Labute approximate surface area is 159 Å². The molecule has 0 saturated heterocycles. The van der Waals surface area contributed by atoms with E-state index in [9.17, 15) is 4.79 Å². The molecule has 0 bridgehead atoms. The maximum absolute atomic E-state index is 12.4. The molecule has 0 saturated carbocycles. The van der Waals surface area contributed by atoms with E-state index in [0.29, 0.717) is 21.4 Å². The van der Waals surface area contributed by atoms with Crippen LogP contribution in [-0.4, -0.2) is 26.9 Å². The number of nitrogens with one attached hydrogen (secondary N) is 1. The van der Waals surface area contributed by atoms with Crippen LogP contribution in [0.3, 0.4) is 0 Å². The standard InChI is InChI=1S/C17H14Cl2N4OS/c1-25-17-22-21-15(23(17)12-5-3-2-4-6-12)10-20-16(24)13-9-11(18)7-8-14(13)19/h2-9H,10H2,1H3,(H,20,24). The molecule has 1 aromatic heterocycles. The Morgan fingerprint density at radius 1 is 1.16 bits per heavy atom. The van der Waals surface area contributed by atoms with E-state index < -0.39 is 0 Å². The summed E-state index contributed by atoms with van der Waals surface area (Å²) in [5.41, 5.74) is 1.26. The number of aromatic nitrogens is 3. The molecule has 1 N–H and O–H groups in total. The van der Waals surface area contributed by atoms with Crippen molar-refractivity contribution in [1.82, 2.24) is 20.1 Å². The third-order valence-electron chi connectivity index (χ3n) is 3.48. The monoisotopic (exact) mass is 392 g/mol. The van der Waals surface area contributed by atoms with E-state index in [1.165, 1.54) is 17.8 Å². The summed E-state index contributed by atoms with van der Waals surface area (Å²) in [5, 5.41) is 12.7. The first kappa shape index (κ1) is 17.8. The van der Waals surface area contributed by atoms with Gasteiger partial charge in [-0.3, -0.25) is 9.36 Å². The van der Waals surface area contributed by atoms with Crippen molar-refractivity contribution in [2.75, 3.05) is 6.26 Å². The molecule has 8 heteroatoms. The Bertz CT molecular complexity index is 899. The third-order valence-corrected chi connectivity index (χ3v) is 4.67. The zero-order valence-electron chi connectivity index (χ0n) is 13.2. The minimum absolute atomic E-state index is 0.212. The smallest absolute Gasteiger partial charge is 0.253 e. The van der Waals surface area contributed by atoms with Gasteiger partial charge in [0.1, 0.15) is 0 Å². The van der Waals surface area contributed by atoms with Crippen LogP contribution in [0, 0.1) is 0 Å². The molecule has 2 aromatic carbocycles. The lowest BCUT2D eigenvalue weighted by atomic mass is 10.2. The summed E-state index contributed by atoms with van der Waals surface area (Å²) in [7, 11) is 0. The van der Waals surface area contributed by atoms with Crippen LogP contribution in [-0.2, 0) is 6.54 Å². The van der Waals surface area contributed by atoms with Gasteiger partial charge in [0, 0.05) is 10.7 Å². The van der Waals surface area contributed by atoms with Gasteiger partial charge in [0.2, 0.25) is 0 Å². The van der Waals surface area contributed by atoms with Crippen molar-refractivity contribution in [2.24, 2.45) is 0 Å². The van der Waals surface area contributed by atoms with Gasteiger partial charge in [-0.2, -0.15) is 0 Å². The number of nitrogens with zero attached hydrogens (tertiary/aromatic N) is 3. The van der Waals surface area contributed by atoms with E-state index in [1.54, 1.807) is 12.1 Å². The first-order chi connectivity index (χ1) is 12.1. The van der Waals surface area contributed by atoms with Crippen molar-refractivity contribution < 1.29 is 4.79 Å². The molecule has 128 valence electrons. The van der Waals surface area contributed by atoms with Gasteiger partial charge >= 0.3 is 0 Å². The second-order valence-electron chi connectivity index (χ2n) is 5.08. The summed E-state index contributed by atoms with van der Waals surface area (Å²) in [5.74, 6) is 0.308. The molecule has 0 atom stereocenters. The van der Waals surface area contributed by atoms with Crippen molar-refractivity contribution >= 4 is 40.9 Å². The van der Waals surface area contributed by atoms with E-state index in [4.69, 9.17) is 23.2 Å². The lowest BCUT2D eigenvalue weighted by Gasteiger charge is -2.10. The molecule has 0 fully saturated rings. The predicted molar refractivity (Wildman–Crippen MR) is 101 cm³/mol. The lowest BCUT2D eigenvalue weighted by molar-refractivity contribution is 0.0950. The fraction of sp³-hybridized carbons (Fsp3) is 0.118. The number of hydrogen-bond acceptors (Lipinski definition) is 4. The molecule has 0 aliphatic heterocycles. The normalized spacial score (nSPS) is 10.7. The van der Waals surface area contributed by atoms with Crippen molar-refractivity contribution in [3.05, 3.63) is 70.0 Å². The average Bonchev–Trinajstić information content (AvgIpc) is 3.05. The SMILES string of the molecule is CSc1nnc(CNC(=O)c2cc(Cl)ccc2Cl)n1-c1ccccc1. The molecule has 25 heavy (non-hydrogen) atoms. The number of halogens is 2. The topological polar surface area (TPSA) is 59.8 Å². The van der Waals surface area contributed by atoms with Gasteiger partial charge in [-0.25, -0.2) is 0 Å². The number of para-hydroxylation sites is 1. The highest BCUT2D eigenvalue weighted by Gasteiger charge is 2.16. The first-order valence-electron chi connectivity index (χ1n) is 7.37. The molecule has 1 heterocycles. The van der Waals surface area contributed by atoms with Crippen LogP contribution in [0.25, 0.3) is 5.69 Å². The highest BCUT2D eigenvalue weighted by atomic mass is 35.5. The fourth-order valence-corrected chi connectivity index (χ4v) is 3.20. The minimum Gasteiger partial charge on any atom is -0.345 e. The number of carbonyl (C=O) groups is 1. The Morgan fingerprint density at radius 3 is 2.64 bits per heavy atom. The number of thioether (sulfide) groups is 1. The second-order valence-corrected chi connectivity index (χ2v) is 6.70. The van der Waals surface area contributed by atoms with Gasteiger partial charge < -0.3 is 5.32 Å². The van der Waals surface area contributed by atoms with E-state index >= 15 is 0 Å². The summed E-state index contributed by atoms with van der Waals surface area (Å²) >= 11 is 13.5. The molecular formula is C17H14Cl2N4OS. The van der Waals surface area contributed by atoms with Crippen molar-refractivity contribution in [3.8, 4) is 5.69 Å². The molecule has 0 unspecified atom stereocenters. The zero-order valence-corrected chi connectivity index (χ0v) is 15.6. The number of rotatable bonds is 5. The largest absolute Gasteiger partial charge is 0.345 e. The molecule has 3 aromatic rings. The molecule has 0 aliphatic carbocycles.